The van der Waals surface area contributed by atoms with Crippen molar-refractivity contribution in [1.82, 2.24) is 9.88 Å². The van der Waals surface area contributed by atoms with E-state index >= 15 is 0 Å². The molecule has 2 unspecified atom stereocenters. The summed E-state index contributed by atoms with van der Waals surface area (Å²) in [6.45, 7) is 2.80. The lowest BCUT2D eigenvalue weighted by molar-refractivity contribution is -0.142. The van der Waals surface area contributed by atoms with E-state index < -0.39 is 17.9 Å². The molecule has 21 heavy (non-hydrogen) atoms. The van der Waals surface area contributed by atoms with E-state index in [0.29, 0.717) is 12.2 Å². The number of hydrogen-bond donors (Lipinski definition) is 2. The van der Waals surface area contributed by atoms with E-state index in [-0.39, 0.29) is 19.2 Å². The van der Waals surface area contributed by atoms with Crippen LogP contribution in [0.5, 0.6) is 0 Å². The lowest BCUT2D eigenvalue weighted by Gasteiger charge is -2.30. The molecular formula is C14H19N3O4. The van der Waals surface area contributed by atoms with Crippen molar-refractivity contribution in [3.8, 4) is 0 Å². The van der Waals surface area contributed by atoms with Crippen LogP contribution in [0.15, 0.2) is 24.5 Å². The van der Waals surface area contributed by atoms with Gasteiger partial charge in [-0.05, 0) is 18.6 Å². The van der Waals surface area contributed by atoms with Crippen molar-refractivity contribution in [2.75, 3.05) is 25.1 Å². The molecule has 0 radical (unpaired) electrons. The zero-order chi connectivity index (χ0) is 15.2. The van der Waals surface area contributed by atoms with Gasteiger partial charge >= 0.3 is 12.0 Å². The van der Waals surface area contributed by atoms with Crippen LogP contribution < -0.4 is 5.32 Å². The summed E-state index contributed by atoms with van der Waals surface area (Å²) in [7, 11) is 0. The smallest absolute Gasteiger partial charge is 0.322 e. The minimum absolute atomic E-state index is 0.139. The van der Waals surface area contributed by atoms with Gasteiger partial charge in [0.2, 0.25) is 0 Å². The summed E-state index contributed by atoms with van der Waals surface area (Å²) < 4.78 is 5.24. The third kappa shape index (κ3) is 3.69. The van der Waals surface area contributed by atoms with Crippen LogP contribution in [0, 0.1) is 5.92 Å². The minimum atomic E-state index is -0.937. The van der Waals surface area contributed by atoms with E-state index in [2.05, 4.69) is 10.3 Å². The van der Waals surface area contributed by atoms with Gasteiger partial charge in [-0.15, -0.1) is 0 Å². The Morgan fingerprint density at radius 2 is 2.33 bits per heavy atom. The lowest BCUT2D eigenvalue weighted by Crippen LogP contribution is -2.48. The van der Waals surface area contributed by atoms with Crippen LogP contribution in [-0.2, 0) is 9.53 Å². The molecule has 0 saturated carbocycles. The number of nitrogens with zero attached hydrogens (tertiary/aromatic N) is 2. The van der Waals surface area contributed by atoms with Crippen molar-refractivity contribution < 1.29 is 19.4 Å². The molecule has 0 aromatic carbocycles. The van der Waals surface area contributed by atoms with Crippen LogP contribution in [0.3, 0.4) is 0 Å². The van der Waals surface area contributed by atoms with Gasteiger partial charge in [-0.1, -0.05) is 6.92 Å². The first kappa shape index (κ1) is 15.2. The first-order valence-corrected chi connectivity index (χ1v) is 6.91. The number of urea groups is 1. The summed E-state index contributed by atoms with van der Waals surface area (Å²) in [6.07, 6.45) is 3.90. The van der Waals surface area contributed by atoms with E-state index in [1.54, 1.807) is 29.4 Å². The molecule has 1 aromatic rings. The number of carboxylic acids is 1. The highest BCUT2D eigenvalue weighted by molar-refractivity contribution is 5.89. The number of carboxylic acid groups (broad SMARTS) is 1. The Morgan fingerprint density at radius 3 is 2.95 bits per heavy atom. The van der Waals surface area contributed by atoms with Crippen molar-refractivity contribution in [2.45, 2.75) is 19.4 Å². The Kier molecular flexibility index (Phi) is 5.10. The Bertz CT molecular complexity index is 494. The molecule has 0 aliphatic carbocycles. The molecule has 7 nitrogen and oxygen atoms in total. The summed E-state index contributed by atoms with van der Waals surface area (Å²) in [4.78, 5) is 29.1. The number of hydrogen-bond acceptors (Lipinski definition) is 4. The standard InChI is InChI=1S/C14H19N3O4/c1-2-6-17(12-9-21-8-11(12)13(18)19)14(20)16-10-4-3-5-15-7-10/h3-5,7,11-12H,2,6,8-9H2,1H3,(H,16,20)(H,18,19). The fourth-order valence-electron chi connectivity index (χ4n) is 2.38. The minimum Gasteiger partial charge on any atom is -0.481 e. The summed E-state index contributed by atoms with van der Waals surface area (Å²) in [5.41, 5.74) is 0.578. The molecule has 2 amide bonds. The van der Waals surface area contributed by atoms with E-state index in [0.717, 1.165) is 6.42 Å². The maximum atomic E-state index is 12.4. The van der Waals surface area contributed by atoms with Gasteiger partial charge in [0.1, 0.15) is 5.92 Å². The molecule has 2 rings (SSSR count). The van der Waals surface area contributed by atoms with Crippen LogP contribution in [-0.4, -0.2) is 52.8 Å². The van der Waals surface area contributed by atoms with Gasteiger partial charge in [0.25, 0.3) is 0 Å². The maximum Gasteiger partial charge on any atom is 0.322 e. The molecule has 0 bridgehead atoms. The SMILES string of the molecule is CCCN(C(=O)Nc1cccnc1)C1COCC1C(=O)O. The quantitative estimate of drug-likeness (QED) is 0.856. The summed E-state index contributed by atoms with van der Waals surface area (Å²) in [6, 6.07) is 2.68. The molecule has 2 heterocycles. The molecule has 1 aromatic heterocycles. The van der Waals surface area contributed by atoms with Gasteiger partial charge < -0.3 is 20.1 Å². The van der Waals surface area contributed by atoms with E-state index in [4.69, 9.17) is 4.74 Å². The number of aliphatic carboxylic acids is 1. The molecule has 114 valence electrons. The average Bonchev–Trinajstić information content (AvgIpc) is 2.95. The monoisotopic (exact) mass is 293 g/mol. The van der Waals surface area contributed by atoms with Gasteiger partial charge in [-0.3, -0.25) is 9.78 Å². The van der Waals surface area contributed by atoms with Gasteiger partial charge in [-0.25, -0.2) is 4.79 Å². The van der Waals surface area contributed by atoms with Gasteiger partial charge in [0.15, 0.2) is 0 Å². The van der Waals surface area contributed by atoms with Crippen molar-refractivity contribution >= 4 is 17.7 Å². The Balaban J connectivity index is 2.10. The highest BCUT2D eigenvalue weighted by Gasteiger charge is 2.39. The molecule has 1 aliphatic rings. The van der Waals surface area contributed by atoms with Gasteiger partial charge in [-0.2, -0.15) is 0 Å². The highest BCUT2D eigenvalue weighted by atomic mass is 16.5. The molecule has 1 aliphatic heterocycles. The van der Waals surface area contributed by atoms with Crippen molar-refractivity contribution in [1.29, 1.82) is 0 Å². The predicted octanol–water partition coefficient (Wildman–Crippen LogP) is 1.43. The molecular weight excluding hydrogens is 274 g/mol. The molecule has 7 heteroatoms. The number of pyridine rings is 1. The third-order valence-electron chi connectivity index (χ3n) is 3.41. The van der Waals surface area contributed by atoms with E-state index in [1.165, 1.54) is 0 Å². The molecule has 0 spiro atoms. The fraction of sp³-hybridized carbons (Fsp3) is 0.500. The normalized spacial score (nSPS) is 21.0. The second kappa shape index (κ2) is 7.03. The zero-order valence-electron chi connectivity index (χ0n) is 11.9. The number of aromatic nitrogens is 1. The second-order valence-electron chi connectivity index (χ2n) is 4.91. The van der Waals surface area contributed by atoms with Gasteiger partial charge in [0.05, 0.1) is 31.1 Å². The lowest BCUT2D eigenvalue weighted by atomic mass is 10.0. The summed E-state index contributed by atoms with van der Waals surface area (Å²) in [5.74, 6) is -1.62. The molecule has 1 fully saturated rings. The van der Waals surface area contributed by atoms with Crippen LogP contribution in [0.25, 0.3) is 0 Å². The number of anilines is 1. The van der Waals surface area contributed by atoms with Crippen molar-refractivity contribution in [3.63, 3.8) is 0 Å². The van der Waals surface area contributed by atoms with Crippen molar-refractivity contribution in [2.24, 2.45) is 5.92 Å². The molecule has 2 atom stereocenters. The first-order valence-electron chi connectivity index (χ1n) is 6.91. The number of carbonyl (C=O) groups excluding carboxylic acids is 1. The number of ether oxygens (including phenoxy) is 1. The maximum absolute atomic E-state index is 12.4. The average molecular weight is 293 g/mol. The van der Waals surface area contributed by atoms with Crippen LogP contribution >= 0.6 is 0 Å². The Hall–Kier alpha value is -2.15. The van der Waals surface area contributed by atoms with Crippen LogP contribution in [0.1, 0.15) is 13.3 Å². The van der Waals surface area contributed by atoms with E-state index in [1.807, 2.05) is 6.92 Å². The second-order valence-corrected chi connectivity index (χ2v) is 4.91. The number of amides is 2. The molecule has 2 N–H and O–H groups in total. The van der Waals surface area contributed by atoms with Crippen LogP contribution in [0.2, 0.25) is 0 Å². The third-order valence-corrected chi connectivity index (χ3v) is 3.41. The highest BCUT2D eigenvalue weighted by Crippen LogP contribution is 2.21. The first-order chi connectivity index (χ1) is 10.1. The Labute approximate surface area is 122 Å². The number of rotatable bonds is 5. The Morgan fingerprint density at radius 1 is 1.52 bits per heavy atom. The number of nitrogens with one attached hydrogen (secondary N) is 1. The van der Waals surface area contributed by atoms with Gasteiger partial charge in [0, 0.05) is 12.7 Å². The van der Waals surface area contributed by atoms with E-state index in [9.17, 15) is 14.7 Å². The van der Waals surface area contributed by atoms with Crippen molar-refractivity contribution in [3.05, 3.63) is 24.5 Å². The fourth-order valence-corrected chi connectivity index (χ4v) is 2.38. The topological polar surface area (TPSA) is 91.8 Å². The molecule has 1 saturated heterocycles. The predicted molar refractivity (Wildman–Crippen MR) is 76.0 cm³/mol. The largest absolute Gasteiger partial charge is 0.481 e. The van der Waals surface area contributed by atoms with Crippen LogP contribution in [0.4, 0.5) is 10.5 Å². The summed E-state index contributed by atoms with van der Waals surface area (Å²) >= 11 is 0. The zero-order valence-corrected chi connectivity index (χ0v) is 11.9. The summed E-state index contributed by atoms with van der Waals surface area (Å²) in [5, 5.41) is 12.0. The number of carbonyl (C=O) groups is 2.